The standard InChI is InChI=1S/C19H21F2N3O3/c1-12-6-7-14(18(21)17(12)20)27-19-13(5-4-10-22-19)11-23-15(25)8-9-16(26)24(2)3/h4-7,10H,8-9,11H2,1-3H3,(H,23,25). The van der Waals surface area contributed by atoms with Gasteiger partial charge in [0.1, 0.15) is 0 Å². The third-order valence-corrected chi connectivity index (χ3v) is 3.84. The quantitative estimate of drug-likeness (QED) is 0.805. The first-order valence-corrected chi connectivity index (χ1v) is 8.32. The summed E-state index contributed by atoms with van der Waals surface area (Å²) in [5.41, 5.74) is 0.658. The molecule has 2 rings (SSSR count). The van der Waals surface area contributed by atoms with Crippen LogP contribution in [-0.2, 0) is 16.1 Å². The summed E-state index contributed by atoms with van der Waals surface area (Å²) in [4.78, 5) is 28.8. The van der Waals surface area contributed by atoms with E-state index in [9.17, 15) is 18.4 Å². The monoisotopic (exact) mass is 377 g/mol. The maximum atomic E-state index is 14.0. The van der Waals surface area contributed by atoms with Gasteiger partial charge in [-0.25, -0.2) is 9.37 Å². The lowest BCUT2D eigenvalue weighted by molar-refractivity contribution is -0.131. The molecule has 27 heavy (non-hydrogen) atoms. The molecule has 144 valence electrons. The first kappa shape index (κ1) is 20.3. The number of rotatable bonds is 7. The first-order chi connectivity index (χ1) is 12.8. The molecule has 1 heterocycles. The van der Waals surface area contributed by atoms with Crippen molar-refractivity contribution in [2.45, 2.75) is 26.3 Å². The number of aromatic nitrogens is 1. The number of halogens is 2. The lowest BCUT2D eigenvalue weighted by Crippen LogP contribution is -2.27. The predicted octanol–water partition coefficient (Wildman–Crippen LogP) is 2.95. The number of pyridine rings is 1. The topological polar surface area (TPSA) is 71.5 Å². The smallest absolute Gasteiger partial charge is 0.224 e. The molecule has 0 spiro atoms. The Bertz CT molecular complexity index is 841. The summed E-state index contributed by atoms with van der Waals surface area (Å²) >= 11 is 0. The number of carbonyl (C=O) groups is 2. The molecule has 0 atom stereocenters. The average molecular weight is 377 g/mol. The Kier molecular flexibility index (Phi) is 6.81. The number of amides is 2. The van der Waals surface area contributed by atoms with Gasteiger partial charge in [-0.1, -0.05) is 12.1 Å². The van der Waals surface area contributed by atoms with Crippen LogP contribution in [0.3, 0.4) is 0 Å². The maximum Gasteiger partial charge on any atom is 0.224 e. The molecule has 8 heteroatoms. The summed E-state index contributed by atoms with van der Waals surface area (Å²) in [6, 6.07) is 6.00. The van der Waals surface area contributed by atoms with Crippen molar-refractivity contribution in [3.05, 3.63) is 53.2 Å². The summed E-state index contributed by atoms with van der Waals surface area (Å²) < 4.78 is 33.1. The number of benzene rings is 1. The molecule has 0 bridgehead atoms. The largest absolute Gasteiger partial charge is 0.435 e. The van der Waals surface area contributed by atoms with E-state index in [1.165, 1.54) is 30.2 Å². The van der Waals surface area contributed by atoms with Gasteiger partial charge in [0.25, 0.3) is 0 Å². The number of carbonyl (C=O) groups excluding carboxylic acids is 2. The summed E-state index contributed by atoms with van der Waals surface area (Å²) in [5.74, 6) is -2.77. The Balaban J connectivity index is 2.03. The molecule has 2 aromatic rings. The minimum Gasteiger partial charge on any atom is -0.435 e. The van der Waals surface area contributed by atoms with Crippen molar-refractivity contribution in [1.82, 2.24) is 15.2 Å². The molecule has 0 aliphatic rings. The SMILES string of the molecule is Cc1ccc(Oc2ncccc2CNC(=O)CCC(=O)N(C)C)c(F)c1F. The van der Waals surface area contributed by atoms with E-state index in [1.54, 1.807) is 26.2 Å². The van der Waals surface area contributed by atoms with Crippen molar-refractivity contribution in [3.8, 4) is 11.6 Å². The van der Waals surface area contributed by atoms with Crippen molar-refractivity contribution < 1.29 is 23.1 Å². The summed E-state index contributed by atoms with van der Waals surface area (Å²) in [7, 11) is 3.24. The van der Waals surface area contributed by atoms with Crippen LogP contribution in [0, 0.1) is 18.6 Å². The van der Waals surface area contributed by atoms with Gasteiger partial charge in [0.15, 0.2) is 11.6 Å². The van der Waals surface area contributed by atoms with Gasteiger partial charge in [-0.2, -0.15) is 4.39 Å². The molecule has 1 aromatic carbocycles. The van der Waals surface area contributed by atoms with Gasteiger partial charge in [0.05, 0.1) is 0 Å². The number of aryl methyl sites for hydroxylation is 1. The van der Waals surface area contributed by atoms with Gasteiger partial charge < -0.3 is 15.0 Å². The van der Waals surface area contributed by atoms with Gasteiger partial charge >= 0.3 is 0 Å². The highest BCUT2D eigenvalue weighted by molar-refractivity contribution is 5.83. The second kappa shape index (κ2) is 9.07. The van der Waals surface area contributed by atoms with Crippen LogP contribution in [0.2, 0.25) is 0 Å². The Morgan fingerprint density at radius 2 is 1.89 bits per heavy atom. The highest BCUT2D eigenvalue weighted by Gasteiger charge is 2.15. The Labute approximate surface area is 156 Å². The molecule has 1 N–H and O–H groups in total. The van der Waals surface area contributed by atoms with Crippen molar-refractivity contribution in [3.63, 3.8) is 0 Å². The Morgan fingerprint density at radius 3 is 2.59 bits per heavy atom. The van der Waals surface area contributed by atoms with Crippen LogP contribution in [0.15, 0.2) is 30.5 Å². The van der Waals surface area contributed by atoms with E-state index in [0.717, 1.165) is 0 Å². The zero-order valence-corrected chi connectivity index (χ0v) is 15.4. The van der Waals surface area contributed by atoms with Gasteiger partial charge in [-0.05, 0) is 24.6 Å². The minimum absolute atomic E-state index is 0.0469. The molecule has 6 nitrogen and oxygen atoms in total. The minimum atomic E-state index is -1.10. The zero-order chi connectivity index (χ0) is 20.0. The van der Waals surface area contributed by atoms with Crippen LogP contribution in [0.4, 0.5) is 8.78 Å². The molecule has 1 aromatic heterocycles. The van der Waals surface area contributed by atoms with E-state index in [2.05, 4.69) is 10.3 Å². The Morgan fingerprint density at radius 1 is 1.15 bits per heavy atom. The van der Waals surface area contributed by atoms with Crippen LogP contribution < -0.4 is 10.1 Å². The molecule has 0 fully saturated rings. The van der Waals surface area contributed by atoms with E-state index in [1.807, 2.05) is 0 Å². The highest BCUT2D eigenvalue weighted by Crippen LogP contribution is 2.28. The number of nitrogens with one attached hydrogen (secondary N) is 1. The molecule has 0 aliphatic carbocycles. The summed E-state index contributed by atoms with van der Waals surface area (Å²) in [6.07, 6.45) is 1.59. The van der Waals surface area contributed by atoms with E-state index < -0.39 is 11.6 Å². The van der Waals surface area contributed by atoms with Crippen molar-refractivity contribution in [1.29, 1.82) is 0 Å². The summed E-state index contributed by atoms with van der Waals surface area (Å²) in [6.45, 7) is 1.53. The van der Waals surface area contributed by atoms with Gasteiger partial charge in [-0.3, -0.25) is 9.59 Å². The lowest BCUT2D eigenvalue weighted by atomic mass is 10.2. The molecule has 0 saturated heterocycles. The van der Waals surface area contributed by atoms with Crippen LogP contribution in [-0.4, -0.2) is 35.8 Å². The van der Waals surface area contributed by atoms with Crippen molar-refractivity contribution >= 4 is 11.8 Å². The molecule has 2 amide bonds. The highest BCUT2D eigenvalue weighted by atomic mass is 19.2. The van der Waals surface area contributed by atoms with Crippen molar-refractivity contribution in [2.75, 3.05) is 14.1 Å². The zero-order valence-electron chi connectivity index (χ0n) is 15.4. The normalized spacial score (nSPS) is 10.4. The van der Waals surface area contributed by atoms with Crippen LogP contribution in [0.25, 0.3) is 0 Å². The third kappa shape index (κ3) is 5.47. The van der Waals surface area contributed by atoms with E-state index in [0.29, 0.717) is 5.56 Å². The fourth-order valence-corrected chi connectivity index (χ4v) is 2.19. The van der Waals surface area contributed by atoms with Crippen LogP contribution in [0.5, 0.6) is 11.6 Å². The van der Waals surface area contributed by atoms with Gasteiger partial charge in [0.2, 0.25) is 23.5 Å². The number of nitrogens with zero attached hydrogens (tertiary/aromatic N) is 2. The summed E-state index contributed by atoms with van der Waals surface area (Å²) in [5, 5.41) is 2.66. The van der Waals surface area contributed by atoms with Crippen LogP contribution >= 0.6 is 0 Å². The van der Waals surface area contributed by atoms with E-state index >= 15 is 0 Å². The fraction of sp³-hybridized carbons (Fsp3) is 0.316. The Hall–Kier alpha value is -3.03. The number of hydrogen-bond donors (Lipinski definition) is 1. The molecule has 0 radical (unpaired) electrons. The van der Waals surface area contributed by atoms with E-state index in [-0.39, 0.29) is 48.4 Å². The first-order valence-electron chi connectivity index (χ1n) is 8.32. The predicted molar refractivity (Wildman–Crippen MR) is 95.2 cm³/mol. The third-order valence-electron chi connectivity index (χ3n) is 3.84. The maximum absolute atomic E-state index is 14.0. The van der Waals surface area contributed by atoms with E-state index in [4.69, 9.17) is 4.74 Å². The molecule has 0 unspecified atom stereocenters. The second-order valence-electron chi connectivity index (χ2n) is 6.14. The molecule has 0 saturated carbocycles. The van der Waals surface area contributed by atoms with Gasteiger partial charge in [0, 0.05) is 45.2 Å². The van der Waals surface area contributed by atoms with Crippen molar-refractivity contribution in [2.24, 2.45) is 0 Å². The average Bonchev–Trinajstić information content (AvgIpc) is 2.65. The van der Waals surface area contributed by atoms with Gasteiger partial charge in [-0.15, -0.1) is 0 Å². The number of hydrogen-bond acceptors (Lipinski definition) is 4. The second-order valence-corrected chi connectivity index (χ2v) is 6.14. The van der Waals surface area contributed by atoms with Crippen LogP contribution in [0.1, 0.15) is 24.0 Å². The number of ether oxygens (including phenoxy) is 1. The lowest BCUT2D eigenvalue weighted by Gasteiger charge is -2.12. The molecule has 0 aliphatic heterocycles. The fourth-order valence-electron chi connectivity index (χ4n) is 2.19. The molecular formula is C19H21F2N3O3. The molecular weight excluding hydrogens is 356 g/mol.